The number of anilines is 1. The molecule has 2 heterocycles. The first-order chi connectivity index (χ1) is 15.6. The molecule has 1 aliphatic rings. The van der Waals surface area contributed by atoms with E-state index in [9.17, 15) is 4.79 Å². The van der Waals surface area contributed by atoms with Gasteiger partial charge in [0.15, 0.2) is 5.58 Å². The molecule has 3 aromatic rings. The van der Waals surface area contributed by atoms with Crippen molar-refractivity contribution >= 4 is 34.6 Å². The van der Waals surface area contributed by atoms with E-state index in [1.54, 1.807) is 13.2 Å². The number of nitrogens with zero attached hydrogens (tertiary/aromatic N) is 1. The van der Waals surface area contributed by atoms with E-state index in [-0.39, 0.29) is 5.91 Å². The van der Waals surface area contributed by atoms with Gasteiger partial charge in [0, 0.05) is 49.9 Å². The van der Waals surface area contributed by atoms with Crippen molar-refractivity contribution in [3.8, 4) is 0 Å². The number of nitrogens with one attached hydrogen (secondary N) is 2. The lowest BCUT2D eigenvalue weighted by Crippen LogP contribution is -2.29. The first-order valence-electron chi connectivity index (χ1n) is 10.9. The van der Waals surface area contributed by atoms with Crippen LogP contribution in [0.5, 0.6) is 0 Å². The molecule has 1 aliphatic heterocycles. The van der Waals surface area contributed by atoms with Gasteiger partial charge in [-0.1, -0.05) is 23.7 Å². The minimum absolute atomic E-state index is 0.108. The first kappa shape index (κ1) is 22.6. The van der Waals surface area contributed by atoms with Gasteiger partial charge in [-0.3, -0.25) is 4.79 Å². The van der Waals surface area contributed by atoms with Gasteiger partial charge in [0.1, 0.15) is 5.52 Å². The second kappa shape index (κ2) is 10.8. The Morgan fingerprint density at radius 1 is 1.31 bits per heavy atom. The Balaban J connectivity index is 1.52. The molecule has 1 unspecified atom stereocenters. The van der Waals surface area contributed by atoms with Gasteiger partial charge < -0.3 is 24.5 Å². The number of fused-ring (bicyclic) bond motifs is 1. The van der Waals surface area contributed by atoms with Gasteiger partial charge in [-0.2, -0.15) is 4.98 Å². The molecule has 0 bridgehead atoms. The molecule has 1 saturated heterocycles. The van der Waals surface area contributed by atoms with Crippen LogP contribution in [0.15, 0.2) is 40.8 Å². The molecule has 1 fully saturated rings. The number of methoxy groups -OCH3 is 1. The molecular weight excluding hydrogens is 430 g/mol. The third-order valence-electron chi connectivity index (χ3n) is 5.53. The van der Waals surface area contributed by atoms with E-state index in [1.165, 1.54) is 0 Å². The minimum Gasteiger partial charge on any atom is -0.423 e. The van der Waals surface area contributed by atoms with Crippen LogP contribution in [0, 0.1) is 5.92 Å². The Hall–Kier alpha value is -2.61. The number of halogens is 1. The number of carbonyl (C=O) groups excluding carboxylic acids is 1. The minimum atomic E-state index is -0.108. The van der Waals surface area contributed by atoms with E-state index in [4.69, 9.17) is 25.5 Å². The molecule has 0 radical (unpaired) electrons. The molecule has 170 valence electrons. The predicted octanol–water partition coefficient (Wildman–Crippen LogP) is 4.44. The average Bonchev–Trinajstić information content (AvgIpc) is 3.46. The topological polar surface area (TPSA) is 85.6 Å². The number of aromatic nitrogens is 1. The molecule has 1 amide bonds. The van der Waals surface area contributed by atoms with Crippen molar-refractivity contribution in [1.29, 1.82) is 0 Å². The monoisotopic (exact) mass is 457 g/mol. The van der Waals surface area contributed by atoms with Gasteiger partial charge in [0.05, 0.1) is 6.61 Å². The van der Waals surface area contributed by atoms with E-state index in [1.807, 2.05) is 30.3 Å². The highest BCUT2D eigenvalue weighted by Gasteiger charge is 2.19. The fourth-order valence-electron chi connectivity index (χ4n) is 3.81. The zero-order valence-electron chi connectivity index (χ0n) is 18.2. The van der Waals surface area contributed by atoms with Crippen LogP contribution in [-0.2, 0) is 22.4 Å². The molecule has 1 aromatic heterocycles. The number of aryl methyl sites for hydroxylation is 1. The molecule has 2 N–H and O–H groups in total. The SMILES string of the molecule is COCCCc1cc(C(=O)NCC2CCOC2)cc2nc(NCc3cccc(Cl)c3)oc12. The number of carbonyl (C=O) groups is 1. The zero-order valence-corrected chi connectivity index (χ0v) is 18.9. The lowest BCUT2D eigenvalue weighted by atomic mass is 10.0. The van der Waals surface area contributed by atoms with Crippen molar-refractivity contribution < 1.29 is 18.7 Å². The van der Waals surface area contributed by atoms with Crippen molar-refractivity contribution in [1.82, 2.24) is 10.3 Å². The van der Waals surface area contributed by atoms with Gasteiger partial charge in [-0.05, 0) is 54.7 Å². The van der Waals surface area contributed by atoms with Gasteiger partial charge in [-0.15, -0.1) is 0 Å². The second-order valence-electron chi connectivity index (χ2n) is 8.02. The number of oxazole rings is 1. The number of hydrogen-bond donors (Lipinski definition) is 2. The molecule has 2 aromatic carbocycles. The highest BCUT2D eigenvalue weighted by Crippen LogP contribution is 2.26. The third kappa shape index (κ3) is 5.79. The lowest BCUT2D eigenvalue weighted by molar-refractivity contribution is 0.0945. The maximum Gasteiger partial charge on any atom is 0.295 e. The molecule has 4 rings (SSSR count). The van der Waals surface area contributed by atoms with Crippen molar-refractivity contribution in [3.63, 3.8) is 0 Å². The van der Waals surface area contributed by atoms with Crippen LogP contribution in [0.4, 0.5) is 6.01 Å². The van der Waals surface area contributed by atoms with Crippen molar-refractivity contribution in [2.45, 2.75) is 25.8 Å². The Kier molecular flexibility index (Phi) is 7.63. The Morgan fingerprint density at radius 3 is 3.00 bits per heavy atom. The molecule has 1 atom stereocenters. The standard InChI is InChI=1S/C24H28ClN3O4/c1-30-8-3-5-18-11-19(23(29)26-14-17-7-9-31-15-17)12-21-22(18)32-24(28-21)27-13-16-4-2-6-20(25)10-16/h2,4,6,10-12,17H,3,5,7-9,13-15H2,1H3,(H,26,29)(H,27,28). The van der Waals surface area contributed by atoms with Gasteiger partial charge in [0.25, 0.3) is 11.9 Å². The number of ether oxygens (including phenoxy) is 2. The third-order valence-corrected chi connectivity index (χ3v) is 5.77. The molecule has 0 aliphatic carbocycles. The van der Waals surface area contributed by atoms with Gasteiger partial charge >= 0.3 is 0 Å². The van der Waals surface area contributed by atoms with Gasteiger partial charge in [-0.25, -0.2) is 0 Å². The maximum atomic E-state index is 12.8. The number of hydrogen-bond acceptors (Lipinski definition) is 6. The van der Waals surface area contributed by atoms with Crippen LogP contribution in [0.2, 0.25) is 5.02 Å². The van der Waals surface area contributed by atoms with Crippen LogP contribution in [0.1, 0.15) is 34.3 Å². The first-order valence-corrected chi connectivity index (χ1v) is 11.3. The van der Waals surface area contributed by atoms with Crippen LogP contribution in [-0.4, -0.2) is 44.4 Å². The zero-order chi connectivity index (χ0) is 22.3. The summed E-state index contributed by atoms with van der Waals surface area (Å²) in [4.78, 5) is 17.4. The molecular formula is C24H28ClN3O4. The van der Waals surface area contributed by atoms with Crippen LogP contribution >= 0.6 is 11.6 Å². The average molecular weight is 458 g/mol. The summed E-state index contributed by atoms with van der Waals surface area (Å²) in [5.74, 6) is 0.265. The van der Waals surface area contributed by atoms with Crippen molar-refractivity contribution in [3.05, 3.63) is 58.1 Å². The van der Waals surface area contributed by atoms with E-state index >= 15 is 0 Å². The Labute approximate surface area is 192 Å². The summed E-state index contributed by atoms with van der Waals surface area (Å²) in [6.07, 6.45) is 2.53. The molecule has 7 nitrogen and oxygen atoms in total. The summed E-state index contributed by atoms with van der Waals surface area (Å²) in [7, 11) is 1.68. The smallest absolute Gasteiger partial charge is 0.295 e. The quantitative estimate of drug-likeness (QED) is 0.438. The second-order valence-corrected chi connectivity index (χ2v) is 8.46. The van der Waals surface area contributed by atoms with E-state index in [0.717, 1.165) is 37.0 Å². The molecule has 0 saturated carbocycles. The number of amides is 1. The molecule has 0 spiro atoms. The van der Waals surface area contributed by atoms with E-state index in [0.29, 0.717) is 59.9 Å². The largest absolute Gasteiger partial charge is 0.423 e. The summed E-state index contributed by atoms with van der Waals surface area (Å²) >= 11 is 6.06. The van der Waals surface area contributed by atoms with E-state index in [2.05, 4.69) is 15.6 Å². The maximum absolute atomic E-state index is 12.8. The van der Waals surface area contributed by atoms with E-state index < -0.39 is 0 Å². The Bertz CT molecular complexity index is 1060. The van der Waals surface area contributed by atoms with Crippen molar-refractivity contribution in [2.24, 2.45) is 5.92 Å². The highest BCUT2D eigenvalue weighted by atomic mass is 35.5. The van der Waals surface area contributed by atoms with Crippen molar-refractivity contribution in [2.75, 3.05) is 38.8 Å². The molecule has 32 heavy (non-hydrogen) atoms. The number of benzene rings is 2. The normalized spacial score (nSPS) is 15.9. The Morgan fingerprint density at radius 2 is 2.22 bits per heavy atom. The summed E-state index contributed by atoms with van der Waals surface area (Å²) in [6, 6.07) is 11.7. The summed E-state index contributed by atoms with van der Waals surface area (Å²) in [6.45, 7) is 3.24. The highest BCUT2D eigenvalue weighted by molar-refractivity contribution is 6.30. The lowest BCUT2D eigenvalue weighted by Gasteiger charge is -2.10. The summed E-state index contributed by atoms with van der Waals surface area (Å²) in [5, 5.41) is 6.92. The number of rotatable bonds is 10. The summed E-state index contributed by atoms with van der Waals surface area (Å²) in [5.41, 5.74) is 3.89. The summed E-state index contributed by atoms with van der Waals surface area (Å²) < 4.78 is 16.6. The van der Waals surface area contributed by atoms with Crippen LogP contribution in [0.25, 0.3) is 11.1 Å². The van der Waals surface area contributed by atoms with Crippen LogP contribution in [0.3, 0.4) is 0 Å². The molecule has 8 heteroatoms. The predicted molar refractivity (Wildman–Crippen MR) is 124 cm³/mol. The van der Waals surface area contributed by atoms with Gasteiger partial charge in [0.2, 0.25) is 0 Å². The van der Waals surface area contributed by atoms with Crippen LogP contribution < -0.4 is 10.6 Å². The fraction of sp³-hybridized carbons (Fsp3) is 0.417. The fourth-order valence-corrected chi connectivity index (χ4v) is 4.02.